The third-order valence-corrected chi connectivity index (χ3v) is 9.07. The van der Waals surface area contributed by atoms with E-state index >= 15 is 8.78 Å². The van der Waals surface area contributed by atoms with Gasteiger partial charge < -0.3 is 9.84 Å². The second-order valence-electron chi connectivity index (χ2n) is 12.4. The minimum Gasteiger partial charge on any atom is -0.495 e. The van der Waals surface area contributed by atoms with Crippen LogP contribution in [0.25, 0.3) is 0 Å². The second kappa shape index (κ2) is 11.8. The summed E-state index contributed by atoms with van der Waals surface area (Å²) >= 11 is 12.5. The van der Waals surface area contributed by atoms with Crippen LogP contribution < -0.4 is 9.64 Å². The van der Waals surface area contributed by atoms with Gasteiger partial charge in [0.25, 0.3) is 0 Å². The van der Waals surface area contributed by atoms with Crippen molar-refractivity contribution in [3.05, 3.63) is 93.0 Å². The molecule has 5 rings (SSSR count). The van der Waals surface area contributed by atoms with Crippen LogP contribution >= 0.6 is 23.2 Å². The van der Waals surface area contributed by atoms with E-state index in [2.05, 4.69) is 4.99 Å². The lowest BCUT2D eigenvalue weighted by molar-refractivity contribution is -0.119. The van der Waals surface area contributed by atoms with Gasteiger partial charge in [-0.25, -0.2) is 13.6 Å². The molecule has 1 N–H and O–H groups in total. The van der Waals surface area contributed by atoms with Crippen LogP contribution in [0, 0.1) is 17.0 Å². The van der Waals surface area contributed by atoms with Crippen LogP contribution in [-0.2, 0) is 10.2 Å². The summed E-state index contributed by atoms with van der Waals surface area (Å²) in [6.07, 6.45) is 2.12. The third kappa shape index (κ3) is 5.25. The molecule has 0 saturated carbocycles. The van der Waals surface area contributed by atoms with Crippen molar-refractivity contribution in [1.82, 2.24) is 4.90 Å². The number of carbonyl (C=O) groups excluding carboxylic acids is 1. The van der Waals surface area contributed by atoms with E-state index in [-0.39, 0.29) is 50.5 Å². The highest BCUT2D eigenvalue weighted by atomic mass is 35.5. The molecule has 0 aromatic heterocycles. The highest BCUT2D eigenvalue weighted by Gasteiger charge is 2.66. The van der Waals surface area contributed by atoms with Crippen molar-refractivity contribution in [1.29, 1.82) is 0 Å². The van der Waals surface area contributed by atoms with Crippen molar-refractivity contribution < 1.29 is 28.2 Å². The van der Waals surface area contributed by atoms with Crippen molar-refractivity contribution in [2.45, 2.75) is 50.6 Å². The maximum absolute atomic E-state index is 16.1. The predicted molar refractivity (Wildman–Crippen MR) is 167 cm³/mol. The monoisotopic (exact) mass is 643 g/mol. The summed E-state index contributed by atoms with van der Waals surface area (Å²) in [6.45, 7) is 6.19. The Morgan fingerprint density at radius 3 is 2.50 bits per heavy atom. The van der Waals surface area contributed by atoms with Crippen molar-refractivity contribution >= 4 is 47.0 Å². The largest absolute Gasteiger partial charge is 0.495 e. The number of aliphatic imine (C=N–C) groups is 1. The Morgan fingerprint density at radius 2 is 1.89 bits per heavy atom. The molecular formula is C33H33Cl2F2N3O4. The van der Waals surface area contributed by atoms with Crippen LogP contribution in [0.4, 0.5) is 14.5 Å². The van der Waals surface area contributed by atoms with E-state index in [9.17, 15) is 14.7 Å². The molecule has 4 unspecified atom stereocenters. The molecule has 7 nitrogen and oxygen atoms in total. The van der Waals surface area contributed by atoms with Crippen LogP contribution in [0.3, 0.4) is 0 Å². The number of rotatable bonds is 7. The number of amides is 1. The average molecular weight is 645 g/mol. The Balaban J connectivity index is 1.81. The Morgan fingerprint density at radius 1 is 1.16 bits per heavy atom. The first kappa shape index (κ1) is 31.9. The van der Waals surface area contributed by atoms with Crippen molar-refractivity contribution in [3.8, 4) is 5.75 Å². The van der Waals surface area contributed by atoms with Gasteiger partial charge in [0.15, 0.2) is 0 Å². The summed E-state index contributed by atoms with van der Waals surface area (Å²) in [5.41, 5.74) is -0.872. The van der Waals surface area contributed by atoms with Crippen LogP contribution in [0.15, 0.2) is 59.6 Å². The number of methoxy groups -OCH3 is 1. The lowest BCUT2D eigenvalue weighted by Crippen LogP contribution is -2.50. The molecule has 4 atom stereocenters. The number of carbonyl (C=O) groups is 2. The first-order chi connectivity index (χ1) is 20.7. The molecule has 0 aliphatic carbocycles. The first-order valence-electron chi connectivity index (χ1n) is 14.1. The van der Waals surface area contributed by atoms with Crippen LogP contribution in [0.5, 0.6) is 5.75 Å². The lowest BCUT2D eigenvalue weighted by Gasteiger charge is -2.42. The van der Waals surface area contributed by atoms with Gasteiger partial charge in [-0.1, -0.05) is 62.2 Å². The van der Waals surface area contributed by atoms with Crippen LogP contribution in [0.2, 0.25) is 10.0 Å². The minimum absolute atomic E-state index is 0.00128. The summed E-state index contributed by atoms with van der Waals surface area (Å²) in [5.74, 6) is -3.58. The Bertz CT molecular complexity index is 1660. The fraction of sp³-hybridized carbons (Fsp3) is 0.364. The fourth-order valence-electron chi connectivity index (χ4n) is 6.91. The number of aromatic carboxylic acids is 1. The number of ether oxygens (including phenoxy) is 1. The van der Waals surface area contributed by atoms with Crippen LogP contribution in [-0.4, -0.2) is 61.0 Å². The molecule has 1 amide bonds. The van der Waals surface area contributed by atoms with Gasteiger partial charge in [0, 0.05) is 35.8 Å². The van der Waals surface area contributed by atoms with Gasteiger partial charge in [-0.15, -0.1) is 0 Å². The van der Waals surface area contributed by atoms with Gasteiger partial charge in [0.05, 0.1) is 41.5 Å². The van der Waals surface area contributed by atoms with E-state index in [1.165, 1.54) is 42.3 Å². The molecule has 0 radical (unpaired) electrons. The molecule has 2 saturated heterocycles. The lowest BCUT2D eigenvalue weighted by atomic mass is 9.62. The number of anilines is 1. The van der Waals surface area contributed by atoms with E-state index in [0.29, 0.717) is 12.1 Å². The van der Waals surface area contributed by atoms with Crippen LogP contribution in [0.1, 0.15) is 54.6 Å². The molecular weight excluding hydrogens is 611 g/mol. The van der Waals surface area contributed by atoms with Gasteiger partial charge in [-0.2, -0.15) is 0 Å². The highest BCUT2D eigenvalue weighted by molar-refractivity contribution is 6.31. The van der Waals surface area contributed by atoms with Gasteiger partial charge >= 0.3 is 5.97 Å². The number of carboxylic acid groups (broad SMARTS) is 1. The second-order valence-corrected chi connectivity index (χ2v) is 13.2. The molecule has 44 heavy (non-hydrogen) atoms. The fourth-order valence-corrected chi connectivity index (χ4v) is 7.25. The van der Waals surface area contributed by atoms with E-state index < -0.39 is 41.0 Å². The standard InChI is InChI=1S/C33H33Cl2F2N3O4/c1-32(2,3)15-26-33(16-38-4,21-11-10-19(34)14-23(21)36)27(20-7-6-8-22(35)28(20)37)29-30(41)39(17-40(26)29)24-12-9-18(31(42)43)13-25(24)44-5/h6-14,16,26-27,29H,15,17H2,1-5H3,(H,42,43). The van der Waals surface area contributed by atoms with Gasteiger partial charge in [0.1, 0.15) is 17.4 Å². The molecule has 2 heterocycles. The Kier molecular flexibility index (Phi) is 8.52. The summed E-state index contributed by atoms with van der Waals surface area (Å²) in [7, 11) is 2.96. The zero-order valence-electron chi connectivity index (χ0n) is 24.9. The SMILES string of the molecule is CN=CC1(c2ccc(Cl)cc2F)C(c2cccc(Cl)c2F)C2C(=O)N(c3ccc(C(=O)O)cc3OC)CN2C1CC(C)(C)C. The number of nitrogens with zero attached hydrogens (tertiary/aromatic N) is 3. The van der Waals surface area contributed by atoms with Crippen molar-refractivity contribution in [3.63, 3.8) is 0 Å². The smallest absolute Gasteiger partial charge is 0.335 e. The zero-order chi connectivity index (χ0) is 32.1. The number of benzene rings is 3. The maximum Gasteiger partial charge on any atom is 0.335 e. The Labute approximate surface area is 265 Å². The topological polar surface area (TPSA) is 82.4 Å². The molecule has 2 aliphatic rings. The molecule has 3 aromatic rings. The molecule has 11 heteroatoms. The van der Waals surface area contributed by atoms with Crippen molar-refractivity contribution in [2.24, 2.45) is 10.4 Å². The summed E-state index contributed by atoms with van der Waals surface area (Å²) < 4.78 is 37.7. The number of fused-ring (bicyclic) bond motifs is 1. The van der Waals surface area contributed by atoms with Gasteiger partial charge in [-0.3, -0.25) is 19.6 Å². The summed E-state index contributed by atoms with van der Waals surface area (Å²) in [4.78, 5) is 34.2. The number of hydrogen-bond acceptors (Lipinski definition) is 5. The molecule has 0 spiro atoms. The number of carboxylic acids is 1. The number of hydrogen-bond donors (Lipinski definition) is 1. The predicted octanol–water partition coefficient (Wildman–Crippen LogP) is 7.19. The average Bonchev–Trinajstić information content (AvgIpc) is 3.41. The van der Waals surface area contributed by atoms with Crippen molar-refractivity contribution in [2.75, 3.05) is 25.7 Å². The highest BCUT2D eigenvalue weighted by Crippen LogP contribution is 2.58. The maximum atomic E-state index is 16.1. The molecule has 0 bridgehead atoms. The van der Waals surface area contributed by atoms with Gasteiger partial charge in [-0.05, 0) is 53.8 Å². The summed E-state index contributed by atoms with van der Waals surface area (Å²) in [6, 6.07) is 11.8. The first-order valence-corrected chi connectivity index (χ1v) is 14.8. The molecule has 2 fully saturated rings. The quantitative estimate of drug-likeness (QED) is 0.276. The Hall–Kier alpha value is -3.53. The summed E-state index contributed by atoms with van der Waals surface area (Å²) in [5, 5.41) is 9.59. The third-order valence-electron chi connectivity index (χ3n) is 8.54. The molecule has 232 valence electrons. The molecule has 3 aromatic carbocycles. The normalized spacial score (nSPS) is 23.9. The van der Waals surface area contributed by atoms with E-state index in [4.69, 9.17) is 27.9 Å². The molecule has 2 aliphatic heterocycles. The minimum atomic E-state index is -1.31. The zero-order valence-corrected chi connectivity index (χ0v) is 26.5. The van der Waals surface area contributed by atoms with Gasteiger partial charge in [0.2, 0.25) is 5.91 Å². The van der Waals surface area contributed by atoms with E-state index in [0.717, 1.165) is 0 Å². The number of halogens is 4. The van der Waals surface area contributed by atoms with E-state index in [1.54, 1.807) is 37.5 Å². The van der Waals surface area contributed by atoms with E-state index in [1.807, 2.05) is 25.7 Å².